The van der Waals surface area contributed by atoms with Crippen LogP contribution in [0.5, 0.6) is 0 Å². The van der Waals surface area contributed by atoms with E-state index in [1.807, 2.05) is 6.92 Å². The van der Waals surface area contributed by atoms with Crippen LogP contribution < -0.4 is 0 Å². The van der Waals surface area contributed by atoms with Crippen LogP contribution in [0.15, 0.2) is 40.5 Å². The van der Waals surface area contributed by atoms with Gasteiger partial charge in [0.1, 0.15) is 0 Å². The van der Waals surface area contributed by atoms with Crippen LogP contribution in [0, 0.1) is 0 Å². The third-order valence-electron chi connectivity index (χ3n) is 1.89. The third kappa shape index (κ3) is 3.14. The van der Waals surface area contributed by atoms with Gasteiger partial charge in [-0.2, -0.15) is 0 Å². The Morgan fingerprint density at radius 2 is 1.88 bits per heavy atom. The van der Waals surface area contributed by atoms with Crippen LogP contribution in [-0.4, -0.2) is 18.2 Å². The van der Waals surface area contributed by atoms with Gasteiger partial charge in [-0.05, 0) is 37.4 Å². The van der Waals surface area contributed by atoms with E-state index in [2.05, 4.69) is 16.7 Å². The predicted octanol–water partition coefficient (Wildman–Crippen LogP) is 3.16. The number of aliphatic imine (C=N–C) groups is 2. The summed E-state index contributed by atoms with van der Waals surface area (Å²) in [6, 6.07) is 6.82. The van der Waals surface area contributed by atoms with Crippen LogP contribution in [0.25, 0.3) is 5.70 Å². The molecule has 16 heavy (non-hydrogen) atoms. The fourth-order valence-electron chi connectivity index (χ4n) is 1.18. The van der Waals surface area contributed by atoms with Crippen molar-refractivity contribution in [2.45, 2.75) is 6.92 Å². The molecule has 0 amide bonds. The molecule has 0 fully saturated rings. The maximum absolute atomic E-state index is 10.9. The number of nitrogens with zero attached hydrogens (tertiary/aromatic N) is 2. The van der Waals surface area contributed by atoms with Crippen LogP contribution in [0.3, 0.4) is 0 Å². The molecule has 0 radical (unpaired) electrons. The molecular weight excluding hydrogens is 224 g/mol. The Bertz CT molecular complexity index is 447. The zero-order chi connectivity index (χ0) is 12.0. The molecule has 0 saturated heterocycles. The number of halogens is 1. The molecule has 82 valence electrons. The average Bonchev–Trinajstić information content (AvgIpc) is 2.29. The molecule has 0 bridgehead atoms. The molecule has 0 atom stereocenters. The SMILES string of the molecule is C=N/C=C(\N=C/C)c1ccc(C(=O)Cl)cc1. The molecule has 0 aromatic heterocycles. The van der Waals surface area contributed by atoms with E-state index in [1.54, 1.807) is 36.7 Å². The highest BCUT2D eigenvalue weighted by Gasteiger charge is 2.03. The van der Waals surface area contributed by atoms with Gasteiger partial charge in [-0.1, -0.05) is 12.1 Å². The molecule has 1 rings (SSSR count). The minimum atomic E-state index is -0.474. The number of hydrogen-bond acceptors (Lipinski definition) is 3. The minimum absolute atomic E-state index is 0.455. The molecule has 3 nitrogen and oxygen atoms in total. The van der Waals surface area contributed by atoms with Crippen LogP contribution in [0.4, 0.5) is 0 Å². The van der Waals surface area contributed by atoms with E-state index in [0.717, 1.165) is 5.56 Å². The molecule has 0 aliphatic rings. The summed E-state index contributed by atoms with van der Waals surface area (Å²) in [5, 5.41) is -0.474. The summed E-state index contributed by atoms with van der Waals surface area (Å²) in [4.78, 5) is 18.7. The van der Waals surface area contributed by atoms with Gasteiger partial charge in [0.15, 0.2) is 0 Å². The Labute approximate surface area is 99.2 Å². The van der Waals surface area contributed by atoms with Crippen molar-refractivity contribution in [3.63, 3.8) is 0 Å². The van der Waals surface area contributed by atoms with E-state index >= 15 is 0 Å². The first kappa shape index (κ1) is 12.3. The van der Waals surface area contributed by atoms with E-state index < -0.39 is 5.24 Å². The number of carbonyl (C=O) groups is 1. The zero-order valence-electron chi connectivity index (χ0n) is 8.85. The van der Waals surface area contributed by atoms with Crippen molar-refractivity contribution in [3.8, 4) is 0 Å². The summed E-state index contributed by atoms with van der Waals surface area (Å²) in [6.45, 7) is 5.19. The monoisotopic (exact) mass is 234 g/mol. The van der Waals surface area contributed by atoms with E-state index in [-0.39, 0.29) is 0 Å². The highest BCUT2D eigenvalue weighted by atomic mass is 35.5. The Balaban J connectivity index is 3.08. The van der Waals surface area contributed by atoms with E-state index in [9.17, 15) is 4.79 Å². The number of hydrogen-bond donors (Lipinski definition) is 0. The third-order valence-corrected chi connectivity index (χ3v) is 2.11. The zero-order valence-corrected chi connectivity index (χ0v) is 9.61. The first-order valence-electron chi connectivity index (χ1n) is 4.64. The van der Waals surface area contributed by atoms with Crippen molar-refractivity contribution >= 4 is 35.5 Å². The Morgan fingerprint density at radius 1 is 1.31 bits per heavy atom. The molecule has 0 aliphatic carbocycles. The number of benzene rings is 1. The van der Waals surface area contributed by atoms with Crippen molar-refractivity contribution in [2.24, 2.45) is 9.98 Å². The molecule has 0 saturated carbocycles. The maximum atomic E-state index is 10.9. The second kappa shape index (κ2) is 5.98. The van der Waals surface area contributed by atoms with Crippen LogP contribution in [0.2, 0.25) is 0 Å². The molecule has 0 N–H and O–H groups in total. The van der Waals surface area contributed by atoms with Crippen molar-refractivity contribution in [1.82, 2.24) is 0 Å². The molecule has 0 heterocycles. The van der Waals surface area contributed by atoms with Gasteiger partial charge < -0.3 is 0 Å². The Morgan fingerprint density at radius 3 is 2.31 bits per heavy atom. The topological polar surface area (TPSA) is 41.8 Å². The first-order chi connectivity index (χ1) is 7.69. The lowest BCUT2D eigenvalue weighted by atomic mass is 10.1. The van der Waals surface area contributed by atoms with Gasteiger partial charge in [0.05, 0.1) is 11.9 Å². The van der Waals surface area contributed by atoms with Crippen LogP contribution in [0.1, 0.15) is 22.8 Å². The quantitative estimate of drug-likeness (QED) is 0.583. The summed E-state index contributed by atoms with van der Waals surface area (Å²) in [5.74, 6) is 0. The molecule has 1 aromatic rings. The van der Waals surface area contributed by atoms with Crippen molar-refractivity contribution in [3.05, 3.63) is 41.6 Å². The van der Waals surface area contributed by atoms with E-state index in [4.69, 9.17) is 11.6 Å². The largest absolute Gasteiger partial charge is 0.276 e. The molecule has 0 aliphatic heterocycles. The van der Waals surface area contributed by atoms with Gasteiger partial charge in [0, 0.05) is 17.3 Å². The Kier molecular flexibility index (Phi) is 4.61. The van der Waals surface area contributed by atoms with Gasteiger partial charge in [0.2, 0.25) is 0 Å². The first-order valence-corrected chi connectivity index (χ1v) is 5.01. The lowest BCUT2D eigenvalue weighted by Crippen LogP contribution is -1.89. The molecule has 4 heteroatoms. The fourth-order valence-corrected chi connectivity index (χ4v) is 1.31. The van der Waals surface area contributed by atoms with Gasteiger partial charge >= 0.3 is 0 Å². The Hall–Kier alpha value is -1.74. The summed E-state index contributed by atoms with van der Waals surface area (Å²) in [5.41, 5.74) is 2.00. The van der Waals surface area contributed by atoms with Gasteiger partial charge in [0.25, 0.3) is 5.24 Å². The number of carbonyl (C=O) groups excluding carboxylic acids is 1. The summed E-state index contributed by atoms with van der Waals surface area (Å²) < 4.78 is 0. The maximum Gasteiger partial charge on any atom is 0.252 e. The highest BCUT2D eigenvalue weighted by molar-refractivity contribution is 6.67. The average molecular weight is 235 g/mol. The fraction of sp³-hybridized carbons (Fsp3) is 0.0833. The lowest BCUT2D eigenvalue weighted by Gasteiger charge is -2.01. The van der Waals surface area contributed by atoms with Gasteiger partial charge in [-0.25, -0.2) is 0 Å². The highest BCUT2D eigenvalue weighted by Crippen LogP contribution is 2.17. The smallest absolute Gasteiger partial charge is 0.252 e. The van der Waals surface area contributed by atoms with Crippen molar-refractivity contribution < 1.29 is 4.79 Å². The van der Waals surface area contributed by atoms with Crippen LogP contribution in [-0.2, 0) is 0 Å². The summed E-state index contributed by atoms with van der Waals surface area (Å²) in [7, 11) is 0. The van der Waals surface area contributed by atoms with Gasteiger partial charge in [-0.15, -0.1) is 0 Å². The second-order valence-electron chi connectivity index (χ2n) is 2.94. The van der Waals surface area contributed by atoms with E-state index in [1.165, 1.54) is 0 Å². The summed E-state index contributed by atoms with van der Waals surface area (Å²) >= 11 is 5.35. The van der Waals surface area contributed by atoms with Crippen molar-refractivity contribution in [2.75, 3.05) is 0 Å². The molecular formula is C12H11ClN2O. The van der Waals surface area contributed by atoms with Crippen molar-refractivity contribution in [1.29, 1.82) is 0 Å². The van der Waals surface area contributed by atoms with Crippen LogP contribution >= 0.6 is 11.6 Å². The summed E-state index contributed by atoms with van der Waals surface area (Å²) in [6.07, 6.45) is 3.22. The van der Waals surface area contributed by atoms with Gasteiger partial charge in [-0.3, -0.25) is 14.8 Å². The molecule has 1 aromatic carbocycles. The normalized spacial score (nSPS) is 11.8. The predicted molar refractivity (Wildman–Crippen MR) is 68.3 cm³/mol. The minimum Gasteiger partial charge on any atom is -0.276 e. The number of rotatable bonds is 4. The second-order valence-corrected chi connectivity index (χ2v) is 3.28. The molecule has 0 spiro atoms. The standard InChI is InChI=1S/C12H11ClN2O/c1-3-15-11(8-14-2)9-4-6-10(7-5-9)12(13)16/h3-8H,2H2,1H3/b11-8-,15-3-. The molecule has 0 unspecified atom stereocenters. The van der Waals surface area contributed by atoms with E-state index in [0.29, 0.717) is 11.3 Å². The lowest BCUT2D eigenvalue weighted by molar-refractivity contribution is 0.108.